The molecule has 0 aliphatic carbocycles. The van der Waals surface area contributed by atoms with Crippen molar-refractivity contribution in [3.8, 4) is 16.9 Å². The first-order chi connectivity index (χ1) is 15.5. The molecule has 0 aliphatic rings. The predicted octanol–water partition coefficient (Wildman–Crippen LogP) is 4.95. The van der Waals surface area contributed by atoms with E-state index in [9.17, 15) is 26.4 Å². The monoisotopic (exact) mass is 477 g/mol. The molecule has 0 fully saturated rings. The molecule has 0 saturated heterocycles. The summed E-state index contributed by atoms with van der Waals surface area (Å²) in [5.74, 6) is -0.655. The van der Waals surface area contributed by atoms with E-state index in [0.717, 1.165) is 16.3 Å². The third kappa shape index (κ3) is 5.33. The van der Waals surface area contributed by atoms with Gasteiger partial charge in [0.15, 0.2) is 5.69 Å². The van der Waals surface area contributed by atoms with E-state index < -0.39 is 33.1 Å². The molecule has 3 rings (SSSR count). The van der Waals surface area contributed by atoms with Crippen LogP contribution in [0.4, 0.5) is 13.2 Å². The summed E-state index contributed by atoms with van der Waals surface area (Å²) in [4.78, 5) is 11.6. The number of halogens is 3. The summed E-state index contributed by atoms with van der Waals surface area (Å²) in [6.07, 6.45) is -3.47. The number of hydrogen-bond donors (Lipinski definition) is 1. The van der Waals surface area contributed by atoms with Gasteiger partial charge < -0.3 is 0 Å². The van der Waals surface area contributed by atoms with Crippen LogP contribution in [0.2, 0.25) is 0 Å². The molecule has 1 N–H and O–H groups in total. The number of amides is 1. The maximum Gasteiger partial charge on any atom is 0.435 e. The van der Waals surface area contributed by atoms with Gasteiger partial charge in [-0.05, 0) is 30.7 Å². The second-order valence-electron chi connectivity index (χ2n) is 7.36. The van der Waals surface area contributed by atoms with Gasteiger partial charge in [-0.25, -0.2) is 13.1 Å². The fourth-order valence-corrected chi connectivity index (χ4v) is 4.55. The van der Waals surface area contributed by atoms with Crippen molar-refractivity contribution in [1.82, 2.24) is 14.5 Å². The Morgan fingerprint density at radius 2 is 1.76 bits per heavy atom. The summed E-state index contributed by atoms with van der Waals surface area (Å²) in [6, 6.07) is 13.8. The first-order valence-corrected chi connectivity index (χ1v) is 11.5. The Hall–Kier alpha value is -3.40. The lowest BCUT2D eigenvalue weighted by molar-refractivity contribution is -0.141. The van der Waals surface area contributed by atoms with Gasteiger partial charge in [-0.15, -0.1) is 6.58 Å². The number of nitrogens with one attached hydrogen (secondary N) is 1. The normalized spacial score (nSPS) is 12.9. The van der Waals surface area contributed by atoms with Crippen molar-refractivity contribution in [2.45, 2.75) is 31.7 Å². The molecule has 10 heteroatoms. The fourth-order valence-electron chi connectivity index (χ4n) is 3.19. The molecule has 0 spiro atoms. The van der Waals surface area contributed by atoms with Crippen LogP contribution in [0.5, 0.6) is 0 Å². The molecular formula is C23H22F3N3O3S. The van der Waals surface area contributed by atoms with Gasteiger partial charge >= 0.3 is 6.18 Å². The van der Waals surface area contributed by atoms with Crippen molar-refractivity contribution < 1.29 is 26.4 Å². The van der Waals surface area contributed by atoms with Crippen LogP contribution >= 0.6 is 0 Å². The summed E-state index contributed by atoms with van der Waals surface area (Å²) >= 11 is 0. The molecule has 174 valence electrons. The standard InChI is InChI=1S/C23H22F3N3O3S/c1-4-20(33(31,32)28-22(30)5-2)17-10-12-18(13-11-17)29-19(14-21(27-29)23(24,25)26)16-8-6-15(3)7-9-16/h4,6-14,20H,1,5H2,2-3H3,(H,28,30). The fraction of sp³-hybridized carbons (Fsp3) is 0.217. The van der Waals surface area contributed by atoms with Gasteiger partial charge in [0.05, 0.1) is 11.4 Å². The van der Waals surface area contributed by atoms with E-state index in [-0.39, 0.29) is 12.1 Å². The molecule has 1 amide bonds. The molecular weight excluding hydrogens is 455 g/mol. The highest BCUT2D eigenvalue weighted by molar-refractivity contribution is 7.90. The Morgan fingerprint density at radius 3 is 2.27 bits per heavy atom. The van der Waals surface area contributed by atoms with Crippen LogP contribution in [0, 0.1) is 6.92 Å². The van der Waals surface area contributed by atoms with Gasteiger partial charge in [0.25, 0.3) is 0 Å². The number of rotatable bonds is 7. The molecule has 0 radical (unpaired) electrons. The molecule has 6 nitrogen and oxygen atoms in total. The first-order valence-electron chi connectivity index (χ1n) is 9.98. The third-order valence-corrected chi connectivity index (χ3v) is 6.58. The van der Waals surface area contributed by atoms with Crippen molar-refractivity contribution in [1.29, 1.82) is 0 Å². The minimum Gasteiger partial charge on any atom is -0.274 e. The van der Waals surface area contributed by atoms with E-state index in [0.29, 0.717) is 16.8 Å². The van der Waals surface area contributed by atoms with Gasteiger partial charge in [0.2, 0.25) is 15.9 Å². The Labute approximate surface area is 189 Å². The maximum absolute atomic E-state index is 13.4. The number of sulfonamides is 1. The minimum atomic E-state index is -4.63. The lowest BCUT2D eigenvalue weighted by Crippen LogP contribution is -2.33. The van der Waals surface area contributed by atoms with Crippen molar-refractivity contribution in [3.63, 3.8) is 0 Å². The topological polar surface area (TPSA) is 81.1 Å². The second-order valence-corrected chi connectivity index (χ2v) is 9.16. The Bertz CT molecular complexity index is 1260. The highest BCUT2D eigenvalue weighted by Gasteiger charge is 2.35. The molecule has 0 bridgehead atoms. The average Bonchev–Trinajstić information content (AvgIpc) is 3.20. The van der Waals surface area contributed by atoms with Gasteiger partial charge in [0.1, 0.15) is 5.25 Å². The third-order valence-electron chi connectivity index (χ3n) is 4.94. The molecule has 2 aromatic carbocycles. The summed E-state index contributed by atoms with van der Waals surface area (Å²) in [7, 11) is -4.07. The number of hydrogen-bond acceptors (Lipinski definition) is 4. The second kappa shape index (κ2) is 9.22. The van der Waals surface area contributed by atoms with E-state index in [1.54, 1.807) is 24.3 Å². The maximum atomic E-state index is 13.4. The van der Waals surface area contributed by atoms with Crippen LogP contribution in [-0.4, -0.2) is 24.1 Å². The highest BCUT2D eigenvalue weighted by Crippen LogP contribution is 2.34. The minimum absolute atomic E-state index is 0.00927. The molecule has 1 aromatic heterocycles. The van der Waals surface area contributed by atoms with Crippen LogP contribution in [-0.2, 0) is 21.0 Å². The Kier molecular flexibility index (Phi) is 6.78. The molecule has 0 aliphatic heterocycles. The number of carbonyl (C=O) groups excluding carboxylic acids is 1. The summed E-state index contributed by atoms with van der Waals surface area (Å²) < 4.78 is 68.3. The van der Waals surface area contributed by atoms with E-state index in [2.05, 4.69) is 11.7 Å². The Morgan fingerprint density at radius 1 is 1.15 bits per heavy atom. The van der Waals surface area contributed by atoms with Crippen LogP contribution in [0.1, 0.15) is 35.4 Å². The van der Waals surface area contributed by atoms with E-state index in [4.69, 9.17) is 0 Å². The largest absolute Gasteiger partial charge is 0.435 e. The van der Waals surface area contributed by atoms with Crippen LogP contribution < -0.4 is 4.72 Å². The quantitative estimate of drug-likeness (QED) is 0.489. The zero-order chi connectivity index (χ0) is 24.4. The number of alkyl halides is 3. The molecule has 3 aromatic rings. The van der Waals surface area contributed by atoms with Gasteiger partial charge in [-0.2, -0.15) is 18.3 Å². The predicted molar refractivity (Wildman–Crippen MR) is 119 cm³/mol. The summed E-state index contributed by atoms with van der Waals surface area (Å²) in [5.41, 5.74) is 1.29. The van der Waals surface area contributed by atoms with Crippen molar-refractivity contribution in [2.75, 3.05) is 0 Å². The smallest absolute Gasteiger partial charge is 0.274 e. The van der Waals surface area contributed by atoms with Gasteiger partial charge in [-0.3, -0.25) is 9.52 Å². The molecule has 1 atom stereocenters. The van der Waals surface area contributed by atoms with E-state index in [1.165, 1.54) is 37.3 Å². The average molecular weight is 478 g/mol. The lowest BCUT2D eigenvalue weighted by atomic mass is 10.1. The van der Waals surface area contributed by atoms with Crippen LogP contribution in [0.15, 0.2) is 67.3 Å². The lowest BCUT2D eigenvalue weighted by Gasteiger charge is -2.16. The number of nitrogens with zero attached hydrogens (tertiary/aromatic N) is 2. The van der Waals surface area contributed by atoms with E-state index in [1.807, 2.05) is 11.6 Å². The number of aromatic nitrogens is 2. The van der Waals surface area contributed by atoms with Crippen molar-refractivity contribution >= 4 is 15.9 Å². The van der Waals surface area contributed by atoms with Gasteiger partial charge in [0, 0.05) is 12.0 Å². The summed E-state index contributed by atoms with van der Waals surface area (Å²) in [5, 5.41) is 2.52. The summed E-state index contributed by atoms with van der Waals surface area (Å²) in [6.45, 7) is 6.93. The van der Waals surface area contributed by atoms with Crippen molar-refractivity contribution in [2.24, 2.45) is 0 Å². The molecule has 0 saturated carbocycles. The van der Waals surface area contributed by atoms with Crippen molar-refractivity contribution in [3.05, 3.63) is 84.1 Å². The Balaban J connectivity index is 2.04. The zero-order valence-corrected chi connectivity index (χ0v) is 18.7. The molecule has 33 heavy (non-hydrogen) atoms. The van der Waals surface area contributed by atoms with Crippen LogP contribution in [0.25, 0.3) is 16.9 Å². The van der Waals surface area contributed by atoms with E-state index >= 15 is 0 Å². The molecule has 1 heterocycles. The zero-order valence-electron chi connectivity index (χ0n) is 17.9. The number of aryl methyl sites for hydroxylation is 1. The molecule has 1 unspecified atom stereocenters. The van der Waals surface area contributed by atoms with Gasteiger partial charge in [-0.1, -0.05) is 55.0 Å². The number of carbonyl (C=O) groups is 1. The number of benzene rings is 2. The van der Waals surface area contributed by atoms with Crippen LogP contribution in [0.3, 0.4) is 0 Å². The first kappa shape index (κ1) is 24.2. The highest BCUT2D eigenvalue weighted by atomic mass is 32.2. The SMILES string of the molecule is C=CC(c1ccc(-n2nc(C(F)(F)F)cc2-c2ccc(C)cc2)cc1)S(=O)(=O)NC(=O)CC.